The van der Waals surface area contributed by atoms with Crippen molar-refractivity contribution in [3.63, 3.8) is 0 Å². The van der Waals surface area contributed by atoms with E-state index in [4.69, 9.17) is 9.47 Å². The van der Waals surface area contributed by atoms with Gasteiger partial charge in [0.2, 0.25) is 0 Å². The molecular weight excluding hydrogens is 404 g/mol. The van der Waals surface area contributed by atoms with Crippen LogP contribution in [0.2, 0.25) is 0 Å². The molecule has 0 saturated carbocycles. The Hall–Kier alpha value is -2.91. The number of benzene rings is 1. The summed E-state index contributed by atoms with van der Waals surface area (Å²) in [5.74, 6) is 1.46. The number of carbonyl (C=O) groups is 1. The normalized spacial score (nSPS) is 11.1. The number of nitrogens with zero attached hydrogens (tertiary/aromatic N) is 2. The first kappa shape index (κ1) is 21.8. The molecule has 0 aliphatic rings. The molecule has 160 valence electrons. The van der Waals surface area contributed by atoms with Crippen molar-refractivity contribution >= 4 is 33.1 Å². The molecule has 1 amide bonds. The number of rotatable bonds is 8. The quantitative estimate of drug-likeness (QED) is 0.569. The largest absolute Gasteiger partial charge is 0.490 e. The maximum absolute atomic E-state index is 12.9. The van der Waals surface area contributed by atoms with Crippen LogP contribution < -0.4 is 20.3 Å². The van der Waals surface area contributed by atoms with E-state index in [1.165, 1.54) is 11.3 Å². The summed E-state index contributed by atoms with van der Waals surface area (Å²) < 4.78 is 11.2. The fourth-order valence-corrected chi connectivity index (χ4v) is 4.19. The number of carbonyl (C=O) groups excluding carboxylic acids is 1. The Kier molecular flexibility index (Phi) is 6.73. The number of amides is 1. The van der Waals surface area contributed by atoms with Crippen LogP contribution in [0.1, 0.15) is 34.9 Å². The van der Waals surface area contributed by atoms with E-state index in [0.717, 1.165) is 0 Å². The van der Waals surface area contributed by atoms with Crippen LogP contribution in [0.5, 0.6) is 11.5 Å². The van der Waals surface area contributed by atoms with E-state index in [0.29, 0.717) is 63.4 Å². The SMILES string of the molecule is CCOc1ccc(NC(=O)c2sc3nc(CN(C)C)[nH]c(=O)c3c2C)cc1OCC. The average molecular weight is 431 g/mol. The molecule has 0 fully saturated rings. The van der Waals surface area contributed by atoms with E-state index >= 15 is 0 Å². The zero-order valence-corrected chi connectivity index (χ0v) is 18.6. The van der Waals surface area contributed by atoms with Gasteiger partial charge in [0.1, 0.15) is 10.7 Å². The lowest BCUT2D eigenvalue weighted by Gasteiger charge is -2.13. The van der Waals surface area contributed by atoms with Crippen LogP contribution in [0.3, 0.4) is 0 Å². The number of aryl methyl sites for hydroxylation is 1. The summed E-state index contributed by atoms with van der Waals surface area (Å²) in [4.78, 5) is 35.7. The second-order valence-electron chi connectivity index (χ2n) is 6.97. The van der Waals surface area contributed by atoms with Crippen molar-refractivity contribution in [3.05, 3.63) is 44.8 Å². The van der Waals surface area contributed by atoms with Gasteiger partial charge in [0.25, 0.3) is 11.5 Å². The van der Waals surface area contributed by atoms with Crippen LogP contribution in [-0.4, -0.2) is 48.1 Å². The average Bonchev–Trinajstić information content (AvgIpc) is 3.00. The molecule has 0 aliphatic carbocycles. The van der Waals surface area contributed by atoms with Gasteiger partial charge in [-0.25, -0.2) is 4.98 Å². The van der Waals surface area contributed by atoms with E-state index in [1.807, 2.05) is 32.8 Å². The summed E-state index contributed by atoms with van der Waals surface area (Å²) in [6.45, 7) is 7.06. The molecule has 0 spiro atoms. The van der Waals surface area contributed by atoms with Gasteiger partial charge < -0.3 is 24.7 Å². The van der Waals surface area contributed by atoms with Gasteiger partial charge in [-0.2, -0.15) is 0 Å². The molecule has 0 radical (unpaired) electrons. The maximum Gasteiger partial charge on any atom is 0.266 e. The fourth-order valence-electron chi connectivity index (χ4n) is 3.10. The molecule has 2 N–H and O–H groups in total. The van der Waals surface area contributed by atoms with Crippen LogP contribution in [-0.2, 0) is 6.54 Å². The molecule has 0 atom stereocenters. The van der Waals surface area contributed by atoms with Crippen LogP contribution in [0.15, 0.2) is 23.0 Å². The summed E-state index contributed by atoms with van der Waals surface area (Å²) >= 11 is 1.21. The molecule has 0 unspecified atom stereocenters. The number of thiophene rings is 1. The molecule has 3 aromatic rings. The molecule has 9 heteroatoms. The third-order valence-electron chi connectivity index (χ3n) is 4.32. The molecule has 2 heterocycles. The van der Waals surface area contributed by atoms with Crippen molar-refractivity contribution in [3.8, 4) is 11.5 Å². The molecule has 8 nitrogen and oxygen atoms in total. The van der Waals surface area contributed by atoms with Crippen molar-refractivity contribution in [2.45, 2.75) is 27.3 Å². The van der Waals surface area contributed by atoms with Crippen LogP contribution >= 0.6 is 11.3 Å². The minimum absolute atomic E-state index is 0.232. The first-order valence-electron chi connectivity index (χ1n) is 9.72. The Labute approximate surface area is 178 Å². The first-order valence-corrected chi connectivity index (χ1v) is 10.5. The molecule has 0 bridgehead atoms. The van der Waals surface area contributed by atoms with Gasteiger partial charge in [0, 0.05) is 11.8 Å². The molecule has 1 aromatic carbocycles. The van der Waals surface area contributed by atoms with Gasteiger partial charge in [-0.3, -0.25) is 9.59 Å². The number of aromatic nitrogens is 2. The Bertz CT molecular complexity index is 1120. The first-order chi connectivity index (χ1) is 14.3. The zero-order valence-electron chi connectivity index (χ0n) is 17.8. The predicted octanol–water partition coefficient (Wildman–Crippen LogP) is 3.40. The van der Waals surface area contributed by atoms with Gasteiger partial charge in [0.15, 0.2) is 11.5 Å². The third kappa shape index (κ3) is 4.63. The molecule has 0 aliphatic heterocycles. The molecular formula is C21H26N4O4S. The van der Waals surface area contributed by atoms with Crippen LogP contribution in [0, 0.1) is 6.92 Å². The molecule has 2 aromatic heterocycles. The van der Waals surface area contributed by atoms with Crippen LogP contribution in [0.25, 0.3) is 10.2 Å². The van der Waals surface area contributed by atoms with E-state index in [9.17, 15) is 9.59 Å². The number of ether oxygens (including phenoxy) is 2. The van der Waals surface area contributed by atoms with Crippen molar-refractivity contribution in [1.82, 2.24) is 14.9 Å². The van der Waals surface area contributed by atoms with E-state index in [-0.39, 0.29) is 11.5 Å². The van der Waals surface area contributed by atoms with Crippen molar-refractivity contribution < 1.29 is 14.3 Å². The predicted molar refractivity (Wildman–Crippen MR) is 119 cm³/mol. The van der Waals surface area contributed by atoms with Gasteiger partial charge >= 0.3 is 0 Å². The monoisotopic (exact) mass is 430 g/mol. The Balaban J connectivity index is 1.91. The summed E-state index contributed by atoms with van der Waals surface area (Å²) in [7, 11) is 3.80. The minimum Gasteiger partial charge on any atom is -0.490 e. The Morgan fingerprint density at radius 3 is 2.57 bits per heavy atom. The lowest BCUT2D eigenvalue weighted by molar-refractivity contribution is 0.103. The van der Waals surface area contributed by atoms with Crippen LogP contribution in [0.4, 0.5) is 5.69 Å². The summed E-state index contributed by atoms with van der Waals surface area (Å²) in [6.07, 6.45) is 0. The highest BCUT2D eigenvalue weighted by molar-refractivity contribution is 7.20. The Morgan fingerprint density at radius 2 is 1.90 bits per heavy atom. The zero-order chi connectivity index (χ0) is 21.8. The highest BCUT2D eigenvalue weighted by atomic mass is 32.1. The standard InChI is InChI=1S/C21H26N4O4S/c1-6-28-14-9-8-13(10-15(14)29-7-2)22-20(27)18-12(3)17-19(26)23-16(11-25(4)5)24-21(17)30-18/h8-10H,6-7,11H2,1-5H3,(H,22,27)(H,23,24,26). The summed E-state index contributed by atoms with van der Waals surface area (Å²) in [5, 5.41) is 3.34. The van der Waals surface area contributed by atoms with Gasteiger partial charge in [-0.05, 0) is 52.6 Å². The number of fused-ring (bicyclic) bond motifs is 1. The number of H-pyrrole nitrogens is 1. The smallest absolute Gasteiger partial charge is 0.266 e. The second-order valence-corrected chi connectivity index (χ2v) is 7.97. The van der Waals surface area contributed by atoms with Gasteiger partial charge in [0.05, 0.1) is 30.0 Å². The topological polar surface area (TPSA) is 96.5 Å². The lowest BCUT2D eigenvalue weighted by Crippen LogP contribution is -2.18. The highest BCUT2D eigenvalue weighted by Gasteiger charge is 2.20. The van der Waals surface area contributed by atoms with E-state index < -0.39 is 0 Å². The molecule has 3 rings (SSSR count). The molecule has 0 saturated heterocycles. The summed E-state index contributed by atoms with van der Waals surface area (Å²) in [5.41, 5.74) is 0.969. The van der Waals surface area contributed by atoms with E-state index in [2.05, 4.69) is 15.3 Å². The third-order valence-corrected chi connectivity index (χ3v) is 5.51. The fraction of sp³-hybridized carbons (Fsp3) is 0.381. The number of aromatic amines is 1. The highest BCUT2D eigenvalue weighted by Crippen LogP contribution is 2.32. The molecule has 30 heavy (non-hydrogen) atoms. The maximum atomic E-state index is 12.9. The lowest BCUT2D eigenvalue weighted by atomic mass is 10.2. The number of hydrogen-bond donors (Lipinski definition) is 2. The number of hydrogen-bond acceptors (Lipinski definition) is 7. The Morgan fingerprint density at radius 1 is 1.20 bits per heavy atom. The number of nitrogens with one attached hydrogen (secondary N) is 2. The van der Waals surface area contributed by atoms with E-state index in [1.54, 1.807) is 25.1 Å². The van der Waals surface area contributed by atoms with Gasteiger partial charge in [-0.15, -0.1) is 11.3 Å². The van der Waals surface area contributed by atoms with Crippen molar-refractivity contribution in [1.29, 1.82) is 0 Å². The van der Waals surface area contributed by atoms with Gasteiger partial charge in [-0.1, -0.05) is 0 Å². The number of anilines is 1. The van der Waals surface area contributed by atoms with Crippen molar-refractivity contribution in [2.24, 2.45) is 0 Å². The second kappa shape index (κ2) is 9.27. The summed E-state index contributed by atoms with van der Waals surface area (Å²) in [6, 6.07) is 5.26. The van der Waals surface area contributed by atoms with Crippen molar-refractivity contribution in [2.75, 3.05) is 32.6 Å². The minimum atomic E-state index is -0.296.